The number of fused-ring (bicyclic) bond motifs is 1. The number of amides is 2. The number of carbonyl (C=O) groups is 2. The Balaban J connectivity index is 1.40. The van der Waals surface area contributed by atoms with Crippen molar-refractivity contribution < 1.29 is 9.59 Å². The minimum absolute atomic E-state index is 0.0390. The lowest BCUT2D eigenvalue weighted by molar-refractivity contribution is -0.126. The Hall–Kier alpha value is -0.200. The first-order chi connectivity index (χ1) is 18.5. The van der Waals surface area contributed by atoms with Crippen LogP contribution in [0.3, 0.4) is 0 Å². The number of aromatic nitrogens is 1. The van der Waals surface area contributed by atoms with Gasteiger partial charge in [0.1, 0.15) is 0 Å². The van der Waals surface area contributed by atoms with Crippen LogP contribution in [0, 0.1) is 0 Å². The highest BCUT2D eigenvalue weighted by atomic mass is 32.3. The molecule has 38 heavy (non-hydrogen) atoms. The molecule has 1 aromatic heterocycles. The second-order valence-electron chi connectivity index (χ2n) is 9.09. The molecule has 3 heterocycles. The molecule has 0 spiro atoms. The van der Waals surface area contributed by atoms with Crippen molar-refractivity contribution in [3.05, 3.63) is 29.3 Å². The van der Waals surface area contributed by atoms with E-state index in [0.717, 1.165) is 25.8 Å². The van der Waals surface area contributed by atoms with Crippen LogP contribution >= 0.6 is 70.6 Å². The molecule has 0 aromatic carbocycles. The Kier molecular flexibility index (Phi) is 15.5. The van der Waals surface area contributed by atoms with E-state index in [2.05, 4.69) is 48.4 Å². The average Bonchev–Trinajstić information content (AvgIpc) is 3.59. The molecule has 11 heteroatoms. The minimum Gasteiger partial charge on any atom is -0.356 e. The molecule has 0 aliphatic carbocycles. The zero-order valence-electron chi connectivity index (χ0n) is 22.8. The van der Waals surface area contributed by atoms with Crippen LogP contribution in [0.4, 0.5) is 0 Å². The largest absolute Gasteiger partial charge is 0.356 e. The monoisotopic (exact) mass is 631 g/mol. The van der Waals surface area contributed by atoms with Gasteiger partial charge in [-0.25, -0.2) is 0 Å². The number of nitrogens with zero attached hydrogens (tertiary/aromatic N) is 1. The number of carbonyl (C=O) groups excluding carboxylic acids is 2. The van der Waals surface area contributed by atoms with Crippen LogP contribution in [0.2, 0.25) is 0 Å². The lowest BCUT2D eigenvalue weighted by atomic mass is 10.2. The van der Waals surface area contributed by atoms with Gasteiger partial charge in [0.05, 0.1) is 16.9 Å². The van der Waals surface area contributed by atoms with Crippen LogP contribution in [0.25, 0.3) is 0 Å². The van der Waals surface area contributed by atoms with Crippen LogP contribution in [-0.4, -0.2) is 41.0 Å². The van der Waals surface area contributed by atoms with Gasteiger partial charge in [-0.2, -0.15) is 0 Å². The predicted molar refractivity (Wildman–Crippen MR) is 175 cm³/mol. The van der Waals surface area contributed by atoms with Gasteiger partial charge in [0.15, 0.2) is 0 Å². The van der Waals surface area contributed by atoms with Crippen LogP contribution in [0.15, 0.2) is 39.1 Å². The van der Waals surface area contributed by atoms with Crippen molar-refractivity contribution in [2.24, 2.45) is 0 Å². The van der Waals surface area contributed by atoms with Gasteiger partial charge < -0.3 is 15.2 Å². The summed E-state index contributed by atoms with van der Waals surface area (Å²) in [5, 5.41) is 5.80. The summed E-state index contributed by atoms with van der Waals surface area (Å²) in [5.74, 6) is 2.33. The fourth-order valence-corrected chi connectivity index (χ4v) is 12.5. The molecule has 0 unspecified atom stereocenters. The van der Waals surface area contributed by atoms with E-state index < -0.39 is 0 Å². The Morgan fingerprint density at radius 1 is 0.711 bits per heavy atom. The maximum atomic E-state index is 12.0. The van der Waals surface area contributed by atoms with Crippen LogP contribution in [0.5, 0.6) is 0 Å². The standard InChI is InChI=1S/C27H41N3O2S6/c1-4-7-13-28-22(31)11-12-23(32)29-14-10-15-30-18-20-21(19-30)36-26(35-20)27-37-24(33-16-8-5-2)25(38-27)34-17-9-6-3/h18-19H,4-17H2,1-3H3,(H,28,31)(H,29,32). The van der Waals surface area contributed by atoms with Crippen LogP contribution in [0.1, 0.15) is 78.6 Å². The minimum atomic E-state index is -0.0485. The highest BCUT2D eigenvalue weighted by molar-refractivity contribution is 8.42. The summed E-state index contributed by atoms with van der Waals surface area (Å²) in [6, 6.07) is 0. The Bertz CT molecular complexity index is 942. The van der Waals surface area contributed by atoms with Gasteiger partial charge in [-0.3, -0.25) is 9.59 Å². The number of rotatable bonds is 18. The van der Waals surface area contributed by atoms with Gasteiger partial charge in [0.2, 0.25) is 11.8 Å². The van der Waals surface area contributed by atoms with Gasteiger partial charge in [0.25, 0.3) is 0 Å². The normalized spacial score (nSPS) is 14.9. The molecule has 0 radical (unpaired) electrons. The summed E-state index contributed by atoms with van der Waals surface area (Å²) in [6.45, 7) is 8.82. The molecule has 2 N–H and O–H groups in total. The third-order valence-electron chi connectivity index (χ3n) is 5.73. The molecular weight excluding hydrogens is 591 g/mol. The lowest BCUT2D eigenvalue weighted by Gasteiger charge is -2.07. The maximum Gasteiger partial charge on any atom is 0.220 e. The van der Waals surface area contributed by atoms with Gasteiger partial charge in [-0.15, -0.1) is 23.5 Å². The summed E-state index contributed by atoms with van der Waals surface area (Å²) in [4.78, 5) is 26.5. The molecule has 0 atom stereocenters. The molecule has 3 rings (SSSR count). The molecule has 0 saturated carbocycles. The van der Waals surface area contributed by atoms with Crippen molar-refractivity contribution in [3.8, 4) is 0 Å². The molecule has 0 saturated heterocycles. The smallest absolute Gasteiger partial charge is 0.220 e. The quantitative estimate of drug-likeness (QED) is 0.156. The van der Waals surface area contributed by atoms with E-state index >= 15 is 0 Å². The SMILES string of the molecule is CCCCNC(=O)CCC(=O)NCCCn1cc2c(c1)SC(=C1SC(SCCCC)=C(SCCCC)S1)S2. The van der Waals surface area contributed by atoms with Gasteiger partial charge in [-0.1, -0.05) is 87.1 Å². The summed E-state index contributed by atoms with van der Waals surface area (Å²) in [7, 11) is 0. The van der Waals surface area contributed by atoms with Crippen LogP contribution in [-0.2, 0) is 16.1 Å². The Morgan fingerprint density at radius 3 is 1.68 bits per heavy atom. The number of nitrogens with one attached hydrogen (secondary N) is 2. The van der Waals surface area contributed by atoms with E-state index in [-0.39, 0.29) is 24.7 Å². The number of hydrogen-bond donors (Lipinski definition) is 2. The third-order valence-corrected chi connectivity index (χ3v) is 14.4. The third kappa shape index (κ3) is 11.0. The van der Waals surface area contributed by atoms with Crippen molar-refractivity contribution in [1.82, 2.24) is 15.2 Å². The van der Waals surface area contributed by atoms with Crippen molar-refractivity contribution in [2.45, 2.75) is 94.9 Å². The van der Waals surface area contributed by atoms with E-state index in [9.17, 15) is 9.59 Å². The zero-order valence-corrected chi connectivity index (χ0v) is 27.7. The molecule has 2 aliphatic heterocycles. The number of thioether (sulfide) groups is 6. The van der Waals surface area contributed by atoms with E-state index in [1.807, 2.05) is 70.6 Å². The molecular formula is C27H41N3O2S6. The van der Waals surface area contributed by atoms with Gasteiger partial charge >= 0.3 is 0 Å². The summed E-state index contributed by atoms with van der Waals surface area (Å²) < 4.78 is 8.12. The first-order valence-electron chi connectivity index (χ1n) is 13.7. The first-order valence-corrected chi connectivity index (χ1v) is 19.0. The van der Waals surface area contributed by atoms with E-state index in [1.54, 1.807) is 0 Å². The highest BCUT2D eigenvalue weighted by Crippen LogP contribution is 2.64. The van der Waals surface area contributed by atoms with Crippen molar-refractivity contribution in [1.29, 1.82) is 0 Å². The molecule has 1 aromatic rings. The predicted octanol–water partition coefficient (Wildman–Crippen LogP) is 8.69. The molecule has 212 valence electrons. The second-order valence-corrected chi connectivity index (χ2v) is 16.5. The Labute approximate surface area is 254 Å². The fourth-order valence-electron chi connectivity index (χ4n) is 3.50. The summed E-state index contributed by atoms with van der Waals surface area (Å²) in [6.07, 6.45) is 13.0. The molecule has 5 nitrogen and oxygen atoms in total. The van der Waals surface area contributed by atoms with Crippen LogP contribution < -0.4 is 10.6 Å². The summed E-state index contributed by atoms with van der Waals surface area (Å²) >= 11 is 11.9. The van der Waals surface area contributed by atoms with E-state index in [4.69, 9.17) is 0 Å². The topological polar surface area (TPSA) is 63.1 Å². The molecule has 0 bridgehead atoms. The van der Waals surface area contributed by atoms with Gasteiger partial charge in [-0.05, 0) is 37.2 Å². The van der Waals surface area contributed by atoms with E-state index in [0.29, 0.717) is 13.1 Å². The molecule has 0 fully saturated rings. The Morgan fingerprint density at radius 2 is 1.18 bits per heavy atom. The first kappa shape index (κ1) is 32.3. The number of hydrogen-bond acceptors (Lipinski definition) is 8. The average molecular weight is 632 g/mol. The fraction of sp³-hybridized carbons (Fsp3) is 0.630. The molecule has 2 amide bonds. The van der Waals surface area contributed by atoms with Crippen molar-refractivity contribution in [2.75, 3.05) is 24.6 Å². The second kappa shape index (κ2) is 18.3. The molecule has 2 aliphatic rings. The van der Waals surface area contributed by atoms with Crippen molar-refractivity contribution in [3.63, 3.8) is 0 Å². The highest BCUT2D eigenvalue weighted by Gasteiger charge is 2.29. The zero-order chi connectivity index (χ0) is 27.2. The maximum absolute atomic E-state index is 12.0. The van der Waals surface area contributed by atoms with Crippen molar-refractivity contribution >= 4 is 82.4 Å². The lowest BCUT2D eigenvalue weighted by Crippen LogP contribution is -2.29. The van der Waals surface area contributed by atoms with Gasteiger partial charge in [0, 0.05) is 54.7 Å². The number of unbranched alkanes of at least 4 members (excludes halogenated alkanes) is 3. The summed E-state index contributed by atoms with van der Waals surface area (Å²) in [5.41, 5.74) is 0. The van der Waals surface area contributed by atoms with E-state index in [1.165, 1.54) is 63.9 Å². The number of aryl methyl sites for hydroxylation is 1.